The second kappa shape index (κ2) is 3.90. The van der Waals surface area contributed by atoms with Gasteiger partial charge < -0.3 is 15.4 Å². The smallest absolute Gasteiger partial charge is 0.240 e. The van der Waals surface area contributed by atoms with Crippen LogP contribution in [0.1, 0.15) is 11.5 Å². The van der Waals surface area contributed by atoms with E-state index in [0.717, 1.165) is 6.07 Å². The average Bonchev–Trinajstić information content (AvgIpc) is 2.71. The minimum Gasteiger partial charge on any atom is -0.508 e. The van der Waals surface area contributed by atoms with E-state index in [4.69, 9.17) is 10.3 Å². The Hall–Kier alpha value is -1.95. The third-order valence-corrected chi connectivity index (χ3v) is 2.17. The molecule has 84 valence electrons. The fourth-order valence-corrected chi connectivity index (χ4v) is 1.29. The highest BCUT2D eigenvalue weighted by atomic mass is 19.1. The quantitative estimate of drug-likeness (QED) is 0.802. The molecule has 1 heterocycles. The standard InChI is InChI=1S/C10H10FN3O2/c1-5-2-6(7(11)3-8(5)15)10-13-9(4-12)16-14-10/h2-3,15H,4,12H2,1H3. The summed E-state index contributed by atoms with van der Waals surface area (Å²) in [6.07, 6.45) is 0. The fraction of sp³-hybridized carbons (Fsp3) is 0.200. The maximum atomic E-state index is 13.5. The second-order valence-corrected chi connectivity index (χ2v) is 3.33. The first-order valence-electron chi connectivity index (χ1n) is 4.64. The number of aromatic nitrogens is 2. The third-order valence-electron chi connectivity index (χ3n) is 2.17. The van der Waals surface area contributed by atoms with Gasteiger partial charge in [0.25, 0.3) is 0 Å². The van der Waals surface area contributed by atoms with Crippen molar-refractivity contribution < 1.29 is 14.0 Å². The number of rotatable bonds is 2. The van der Waals surface area contributed by atoms with Gasteiger partial charge in [-0.1, -0.05) is 5.16 Å². The number of phenolic OH excluding ortho intramolecular Hbond substituents is 1. The highest BCUT2D eigenvalue weighted by Gasteiger charge is 2.14. The van der Waals surface area contributed by atoms with E-state index in [1.165, 1.54) is 6.07 Å². The SMILES string of the molecule is Cc1cc(-c2noc(CN)n2)c(F)cc1O. The molecular weight excluding hydrogens is 213 g/mol. The molecule has 0 aliphatic rings. The van der Waals surface area contributed by atoms with Crippen molar-refractivity contribution in [2.75, 3.05) is 0 Å². The molecule has 2 rings (SSSR count). The molecule has 5 nitrogen and oxygen atoms in total. The zero-order valence-corrected chi connectivity index (χ0v) is 8.57. The molecule has 1 aromatic heterocycles. The summed E-state index contributed by atoms with van der Waals surface area (Å²) in [5.41, 5.74) is 6.02. The lowest BCUT2D eigenvalue weighted by Crippen LogP contribution is -1.96. The van der Waals surface area contributed by atoms with Crippen molar-refractivity contribution in [1.82, 2.24) is 10.1 Å². The van der Waals surface area contributed by atoms with Gasteiger partial charge in [0.05, 0.1) is 12.1 Å². The summed E-state index contributed by atoms with van der Waals surface area (Å²) >= 11 is 0. The van der Waals surface area contributed by atoms with E-state index >= 15 is 0 Å². The van der Waals surface area contributed by atoms with Crippen molar-refractivity contribution in [3.63, 3.8) is 0 Å². The predicted molar refractivity (Wildman–Crippen MR) is 54.0 cm³/mol. The Morgan fingerprint density at radius 1 is 1.50 bits per heavy atom. The number of halogens is 1. The average molecular weight is 223 g/mol. The Morgan fingerprint density at radius 3 is 2.88 bits per heavy atom. The highest BCUT2D eigenvalue weighted by Crippen LogP contribution is 2.26. The lowest BCUT2D eigenvalue weighted by atomic mass is 10.1. The van der Waals surface area contributed by atoms with Crippen molar-refractivity contribution in [3.8, 4) is 17.1 Å². The van der Waals surface area contributed by atoms with Crippen LogP contribution in [0, 0.1) is 12.7 Å². The minimum atomic E-state index is -0.604. The molecule has 3 N–H and O–H groups in total. The largest absolute Gasteiger partial charge is 0.508 e. The molecule has 0 atom stereocenters. The van der Waals surface area contributed by atoms with Crippen LogP contribution in [0.2, 0.25) is 0 Å². The second-order valence-electron chi connectivity index (χ2n) is 3.33. The lowest BCUT2D eigenvalue weighted by molar-refractivity contribution is 0.380. The van der Waals surface area contributed by atoms with Crippen LogP contribution in [-0.4, -0.2) is 15.2 Å². The van der Waals surface area contributed by atoms with Gasteiger partial charge in [-0.25, -0.2) is 4.39 Å². The molecule has 0 spiro atoms. The number of benzene rings is 1. The van der Waals surface area contributed by atoms with Gasteiger partial charge in [-0.2, -0.15) is 4.98 Å². The van der Waals surface area contributed by atoms with E-state index in [1.54, 1.807) is 6.92 Å². The van der Waals surface area contributed by atoms with Crippen molar-refractivity contribution in [3.05, 3.63) is 29.4 Å². The number of nitrogens with zero attached hydrogens (tertiary/aromatic N) is 2. The fourth-order valence-electron chi connectivity index (χ4n) is 1.29. The zero-order valence-electron chi connectivity index (χ0n) is 8.57. The van der Waals surface area contributed by atoms with E-state index in [-0.39, 0.29) is 29.6 Å². The van der Waals surface area contributed by atoms with E-state index in [9.17, 15) is 9.50 Å². The molecule has 1 aromatic carbocycles. The van der Waals surface area contributed by atoms with Crippen LogP contribution < -0.4 is 5.73 Å². The predicted octanol–water partition coefficient (Wildman–Crippen LogP) is 1.35. The summed E-state index contributed by atoms with van der Waals surface area (Å²) in [5, 5.41) is 12.9. The first kappa shape index (κ1) is 10.6. The van der Waals surface area contributed by atoms with Crippen LogP contribution in [0.15, 0.2) is 16.7 Å². The van der Waals surface area contributed by atoms with Crippen LogP contribution in [0.5, 0.6) is 5.75 Å². The molecular formula is C10H10FN3O2. The first-order chi connectivity index (χ1) is 7.61. The van der Waals surface area contributed by atoms with Gasteiger partial charge in [-0.3, -0.25) is 0 Å². The van der Waals surface area contributed by atoms with E-state index < -0.39 is 5.82 Å². The summed E-state index contributed by atoms with van der Waals surface area (Å²) in [4.78, 5) is 3.91. The summed E-state index contributed by atoms with van der Waals surface area (Å²) in [5.74, 6) is -0.350. The number of hydrogen-bond acceptors (Lipinski definition) is 5. The van der Waals surface area contributed by atoms with Gasteiger partial charge in [0, 0.05) is 6.07 Å². The molecule has 0 unspecified atom stereocenters. The molecule has 0 fully saturated rings. The number of aromatic hydroxyl groups is 1. The first-order valence-corrected chi connectivity index (χ1v) is 4.64. The maximum Gasteiger partial charge on any atom is 0.240 e. The molecule has 0 saturated carbocycles. The van der Waals surface area contributed by atoms with Crippen LogP contribution in [0.3, 0.4) is 0 Å². The number of hydrogen-bond donors (Lipinski definition) is 2. The van der Waals surface area contributed by atoms with Crippen LogP contribution in [0.25, 0.3) is 11.4 Å². The normalized spacial score (nSPS) is 10.7. The van der Waals surface area contributed by atoms with Crippen molar-refractivity contribution in [1.29, 1.82) is 0 Å². The Bertz CT molecular complexity index is 525. The molecule has 16 heavy (non-hydrogen) atoms. The van der Waals surface area contributed by atoms with Crippen molar-refractivity contribution in [2.45, 2.75) is 13.5 Å². The Balaban J connectivity index is 2.51. The van der Waals surface area contributed by atoms with Crippen LogP contribution in [-0.2, 0) is 6.54 Å². The Kier molecular flexibility index (Phi) is 2.57. The minimum absolute atomic E-state index is 0.103. The molecule has 0 aliphatic carbocycles. The van der Waals surface area contributed by atoms with Crippen molar-refractivity contribution >= 4 is 0 Å². The van der Waals surface area contributed by atoms with Crippen molar-refractivity contribution in [2.24, 2.45) is 5.73 Å². The molecule has 0 amide bonds. The zero-order chi connectivity index (χ0) is 11.7. The summed E-state index contributed by atoms with van der Waals surface area (Å²) < 4.78 is 18.3. The van der Waals surface area contributed by atoms with Crippen LogP contribution >= 0.6 is 0 Å². The van der Waals surface area contributed by atoms with Gasteiger partial charge in [0.2, 0.25) is 11.7 Å². The molecule has 0 aliphatic heterocycles. The monoisotopic (exact) mass is 223 g/mol. The van der Waals surface area contributed by atoms with E-state index in [2.05, 4.69) is 10.1 Å². The summed E-state index contributed by atoms with van der Waals surface area (Å²) in [6, 6.07) is 2.47. The molecule has 0 saturated heterocycles. The number of nitrogens with two attached hydrogens (primary N) is 1. The van der Waals surface area contributed by atoms with Gasteiger partial charge in [-0.15, -0.1) is 0 Å². The molecule has 6 heteroatoms. The highest BCUT2D eigenvalue weighted by molar-refractivity contribution is 5.58. The van der Waals surface area contributed by atoms with E-state index in [0.29, 0.717) is 5.56 Å². The maximum absolute atomic E-state index is 13.5. The molecule has 0 bridgehead atoms. The molecule has 2 aromatic rings. The van der Waals surface area contributed by atoms with Crippen LogP contribution in [0.4, 0.5) is 4.39 Å². The van der Waals surface area contributed by atoms with Gasteiger partial charge in [0.1, 0.15) is 11.6 Å². The number of aryl methyl sites for hydroxylation is 1. The Labute approximate surface area is 90.7 Å². The van der Waals surface area contributed by atoms with Gasteiger partial charge in [0.15, 0.2) is 0 Å². The Morgan fingerprint density at radius 2 is 2.25 bits per heavy atom. The van der Waals surface area contributed by atoms with Gasteiger partial charge in [-0.05, 0) is 18.6 Å². The van der Waals surface area contributed by atoms with Gasteiger partial charge >= 0.3 is 0 Å². The lowest BCUT2D eigenvalue weighted by Gasteiger charge is -2.02. The topological polar surface area (TPSA) is 85.2 Å². The molecule has 0 radical (unpaired) electrons. The summed E-state index contributed by atoms with van der Waals surface area (Å²) in [6.45, 7) is 1.76. The van der Waals surface area contributed by atoms with E-state index in [1.807, 2.05) is 0 Å². The third kappa shape index (κ3) is 1.74. The summed E-state index contributed by atoms with van der Waals surface area (Å²) in [7, 11) is 0. The number of phenols is 1.